The lowest BCUT2D eigenvalue weighted by molar-refractivity contribution is -0.130. The number of ketones is 1. The molecule has 0 aliphatic carbocycles. The molecule has 1 N–H and O–H groups in total. The lowest BCUT2D eigenvalue weighted by Gasteiger charge is -2.26. The van der Waals surface area contributed by atoms with Crippen LogP contribution in [0.1, 0.15) is 45.0 Å². The third-order valence-corrected chi connectivity index (χ3v) is 6.60. The molecule has 1 atom stereocenters. The summed E-state index contributed by atoms with van der Waals surface area (Å²) < 4.78 is 16.2. The summed E-state index contributed by atoms with van der Waals surface area (Å²) >= 11 is 6.16. The maximum Gasteiger partial charge on any atom is 0.338 e. The Balaban J connectivity index is 1.52. The van der Waals surface area contributed by atoms with E-state index >= 15 is 0 Å². The average molecular weight is 547 g/mol. The van der Waals surface area contributed by atoms with Gasteiger partial charge < -0.3 is 23.9 Å². The number of methoxy groups -OCH3 is 1. The summed E-state index contributed by atoms with van der Waals surface area (Å²) in [6.45, 7) is 2.03. The van der Waals surface area contributed by atoms with Gasteiger partial charge >= 0.3 is 5.97 Å². The molecule has 0 saturated heterocycles. The van der Waals surface area contributed by atoms with E-state index in [2.05, 4.69) is 4.98 Å². The molecule has 2 aromatic carbocycles. The predicted molar refractivity (Wildman–Crippen MR) is 142 cm³/mol. The highest BCUT2D eigenvalue weighted by molar-refractivity contribution is 6.31. The molecule has 0 radical (unpaired) electrons. The summed E-state index contributed by atoms with van der Waals surface area (Å²) in [6, 6.07) is 13.7. The van der Waals surface area contributed by atoms with Crippen molar-refractivity contribution in [2.75, 3.05) is 13.7 Å². The lowest BCUT2D eigenvalue weighted by Crippen LogP contribution is -2.30. The molecule has 1 amide bonds. The molecule has 4 aromatic rings. The first-order valence-corrected chi connectivity index (χ1v) is 12.4. The molecular formula is C29H23ClN2O7. The molecule has 198 valence electrons. The lowest BCUT2D eigenvalue weighted by atomic mass is 9.95. The Labute approximate surface area is 228 Å². The van der Waals surface area contributed by atoms with E-state index in [-0.39, 0.29) is 24.5 Å². The van der Waals surface area contributed by atoms with Gasteiger partial charge in [0.1, 0.15) is 0 Å². The van der Waals surface area contributed by atoms with Gasteiger partial charge in [0, 0.05) is 35.4 Å². The number of rotatable bonds is 8. The number of esters is 1. The van der Waals surface area contributed by atoms with Crippen molar-refractivity contribution in [2.24, 2.45) is 0 Å². The largest absolute Gasteiger partial charge is 0.503 e. The van der Waals surface area contributed by atoms with Crippen molar-refractivity contribution in [2.45, 2.75) is 19.5 Å². The normalized spacial score (nSPS) is 15.2. The van der Waals surface area contributed by atoms with E-state index in [0.717, 1.165) is 0 Å². The number of pyridine rings is 1. The molecule has 5 rings (SSSR count). The number of aromatic nitrogens is 1. The molecule has 1 unspecified atom stereocenters. The number of aliphatic hydroxyl groups is 1. The number of carbonyl (C=O) groups is 3. The van der Waals surface area contributed by atoms with Crippen LogP contribution in [-0.4, -0.2) is 46.4 Å². The first-order valence-electron chi connectivity index (χ1n) is 12.0. The van der Waals surface area contributed by atoms with E-state index in [9.17, 15) is 19.5 Å². The van der Waals surface area contributed by atoms with Gasteiger partial charge in [-0.2, -0.15) is 0 Å². The van der Waals surface area contributed by atoms with Crippen molar-refractivity contribution < 1.29 is 33.4 Å². The molecule has 0 spiro atoms. The van der Waals surface area contributed by atoms with Crippen molar-refractivity contribution in [3.05, 3.63) is 106 Å². The maximum atomic E-state index is 13.8. The molecule has 0 saturated carbocycles. The van der Waals surface area contributed by atoms with E-state index in [1.165, 1.54) is 30.5 Å². The molecule has 10 heteroatoms. The van der Waals surface area contributed by atoms with Crippen LogP contribution in [0.15, 0.2) is 82.7 Å². The minimum Gasteiger partial charge on any atom is -0.503 e. The Hall–Kier alpha value is -4.63. The van der Waals surface area contributed by atoms with Crippen LogP contribution in [0.25, 0.3) is 11.0 Å². The second-order valence-corrected chi connectivity index (χ2v) is 9.20. The summed E-state index contributed by atoms with van der Waals surface area (Å²) in [6.07, 6.45) is 3.08. The molecule has 3 heterocycles. The summed E-state index contributed by atoms with van der Waals surface area (Å²) in [5, 5.41) is 11.9. The van der Waals surface area contributed by atoms with Gasteiger partial charge in [-0.1, -0.05) is 23.7 Å². The van der Waals surface area contributed by atoms with Crippen molar-refractivity contribution in [1.82, 2.24) is 9.88 Å². The second-order valence-electron chi connectivity index (χ2n) is 8.76. The fourth-order valence-corrected chi connectivity index (χ4v) is 4.80. The van der Waals surface area contributed by atoms with Gasteiger partial charge in [-0.25, -0.2) is 4.79 Å². The molecule has 1 aliphatic rings. The van der Waals surface area contributed by atoms with Gasteiger partial charge in [-0.3, -0.25) is 14.6 Å². The SMILES string of the molecule is CCOC(=O)c1ccc(CN2C(=O)C(O)=C(C(=O)c3cc4cc(Cl)cc(OC)c4o3)C2c2ccncc2)cc1. The molecule has 9 nitrogen and oxygen atoms in total. The number of halogens is 1. The molecule has 0 bridgehead atoms. The monoisotopic (exact) mass is 546 g/mol. The van der Waals surface area contributed by atoms with Gasteiger partial charge in [0.05, 0.1) is 30.9 Å². The van der Waals surface area contributed by atoms with Crippen LogP contribution in [0.3, 0.4) is 0 Å². The molecule has 0 fully saturated rings. The van der Waals surface area contributed by atoms with Crippen LogP contribution >= 0.6 is 11.6 Å². The quantitative estimate of drug-likeness (QED) is 0.229. The number of hydrogen-bond acceptors (Lipinski definition) is 8. The highest BCUT2D eigenvalue weighted by Gasteiger charge is 2.44. The number of nitrogens with zero attached hydrogens (tertiary/aromatic N) is 2. The third kappa shape index (κ3) is 4.84. The Morgan fingerprint density at radius 1 is 1.10 bits per heavy atom. The minimum absolute atomic E-state index is 0.0549. The van der Waals surface area contributed by atoms with Crippen molar-refractivity contribution in [3.63, 3.8) is 0 Å². The number of hydrogen-bond donors (Lipinski definition) is 1. The zero-order chi connectivity index (χ0) is 27.7. The Morgan fingerprint density at radius 3 is 2.49 bits per heavy atom. The van der Waals surface area contributed by atoms with Crippen LogP contribution in [0.2, 0.25) is 5.02 Å². The summed E-state index contributed by atoms with van der Waals surface area (Å²) in [4.78, 5) is 44.5. The number of amides is 1. The van der Waals surface area contributed by atoms with E-state index in [0.29, 0.717) is 38.4 Å². The summed E-state index contributed by atoms with van der Waals surface area (Å²) in [5.41, 5.74) is 1.81. The average Bonchev–Trinajstić information content (AvgIpc) is 3.48. The van der Waals surface area contributed by atoms with Crippen LogP contribution in [-0.2, 0) is 16.1 Å². The summed E-state index contributed by atoms with van der Waals surface area (Å²) in [5.74, 6) is -2.23. The van der Waals surface area contributed by atoms with Crippen molar-refractivity contribution >= 4 is 40.2 Å². The third-order valence-electron chi connectivity index (χ3n) is 6.38. The van der Waals surface area contributed by atoms with Crippen LogP contribution in [0, 0.1) is 0 Å². The smallest absolute Gasteiger partial charge is 0.338 e. The van der Waals surface area contributed by atoms with Crippen LogP contribution in [0.5, 0.6) is 5.75 Å². The second kappa shape index (κ2) is 10.6. The standard InChI is InChI=1S/C29H23ClN2O7/c1-3-38-29(36)18-6-4-16(5-7-18)15-32-24(17-8-10-31-11-9-17)23(26(34)28(32)35)25(33)21-13-19-12-20(30)14-22(37-2)27(19)39-21/h4-14,24,34H,3,15H2,1-2H3. The number of ether oxygens (including phenoxy) is 2. The van der Waals surface area contributed by atoms with Crippen molar-refractivity contribution in [1.29, 1.82) is 0 Å². The fourth-order valence-electron chi connectivity index (χ4n) is 4.58. The van der Waals surface area contributed by atoms with E-state index in [4.69, 9.17) is 25.5 Å². The molecular weight excluding hydrogens is 524 g/mol. The highest BCUT2D eigenvalue weighted by atomic mass is 35.5. The molecule has 2 aromatic heterocycles. The highest BCUT2D eigenvalue weighted by Crippen LogP contribution is 2.41. The zero-order valence-electron chi connectivity index (χ0n) is 21.0. The number of Topliss-reactive ketones (excluding diaryl/α,β-unsaturated/α-hetero) is 1. The topological polar surface area (TPSA) is 119 Å². The summed E-state index contributed by atoms with van der Waals surface area (Å²) in [7, 11) is 1.45. The first kappa shape index (κ1) is 26.0. The van der Waals surface area contributed by atoms with Crippen LogP contribution < -0.4 is 4.74 Å². The zero-order valence-corrected chi connectivity index (χ0v) is 21.8. The van der Waals surface area contributed by atoms with E-state index in [1.54, 1.807) is 55.5 Å². The van der Waals surface area contributed by atoms with E-state index < -0.39 is 29.5 Å². The minimum atomic E-state index is -0.920. The number of fused-ring (bicyclic) bond motifs is 1. The number of carbonyl (C=O) groups excluding carboxylic acids is 3. The van der Waals surface area contributed by atoms with E-state index in [1.807, 2.05) is 0 Å². The number of furan rings is 1. The van der Waals surface area contributed by atoms with Gasteiger partial charge in [0.25, 0.3) is 5.91 Å². The maximum absolute atomic E-state index is 13.8. The van der Waals surface area contributed by atoms with Crippen LogP contribution in [0.4, 0.5) is 0 Å². The Morgan fingerprint density at radius 2 is 1.82 bits per heavy atom. The Kier molecular flexibility index (Phi) is 7.08. The van der Waals surface area contributed by atoms with Gasteiger partial charge in [0.2, 0.25) is 5.78 Å². The van der Waals surface area contributed by atoms with Gasteiger partial charge in [0.15, 0.2) is 22.9 Å². The first-order chi connectivity index (χ1) is 18.8. The molecule has 39 heavy (non-hydrogen) atoms. The predicted octanol–water partition coefficient (Wildman–Crippen LogP) is 5.45. The Bertz CT molecular complexity index is 1610. The fraction of sp³-hybridized carbons (Fsp3) is 0.172. The van der Waals surface area contributed by atoms with Gasteiger partial charge in [-0.05, 0) is 54.4 Å². The number of aliphatic hydroxyl groups excluding tert-OH is 1. The van der Waals surface area contributed by atoms with Crippen molar-refractivity contribution in [3.8, 4) is 5.75 Å². The molecule has 1 aliphatic heterocycles. The van der Waals surface area contributed by atoms with Gasteiger partial charge in [-0.15, -0.1) is 0 Å². The number of benzene rings is 2.